The van der Waals surface area contributed by atoms with E-state index in [4.69, 9.17) is 0 Å². The maximum atomic E-state index is 11.4. The van der Waals surface area contributed by atoms with Crippen LogP contribution in [0.5, 0.6) is 0 Å². The van der Waals surface area contributed by atoms with Gasteiger partial charge in [-0.1, -0.05) is 6.07 Å². The van der Waals surface area contributed by atoms with Crippen LogP contribution in [0.25, 0.3) is 0 Å². The molecule has 18 heavy (non-hydrogen) atoms. The molecule has 0 radical (unpaired) electrons. The minimum atomic E-state index is -0.759. The standard InChI is InChI=1S/C13H14N2O3/c1-15-7-11(16)14-9-3-2-8(6-10(9)15)13(4-5-13)12(17)18/h2-3,6H,4-5,7H2,1H3,(H,14,16)(H,17,18). The van der Waals surface area contributed by atoms with Crippen molar-refractivity contribution in [2.24, 2.45) is 0 Å². The fourth-order valence-corrected chi connectivity index (χ4v) is 2.49. The maximum absolute atomic E-state index is 11.4. The second-order valence-electron chi connectivity index (χ2n) is 5.02. The van der Waals surface area contributed by atoms with Crippen molar-refractivity contribution in [3.63, 3.8) is 0 Å². The van der Waals surface area contributed by atoms with Gasteiger partial charge in [0.1, 0.15) is 0 Å². The molecule has 1 saturated carbocycles. The topological polar surface area (TPSA) is 69.6 Å². The van der Waals surface area contributed by atoms with Crippen LogP contribution in [0.3, 0.4) is 0 Å². The monoisotopic (exact) mass is 246 g/mol. The number of benzene rings is 1. The summed E-state index contributed by atoms with van der Waals surface area (Å²) in [6, 6.07) is 5.48. The molecule has 0 spiro atoms. The van der Waals surface area contributed by atoms with Crippen molar-refractivity contribution < 1.29 is 14.7 Å². The van der Waals surface area contributed by atoms with Crippen molar-refractivity contribution in [3.8, 4) is 0 Å². The number of nitrogens with one attached hydrogen (secondary N) is 1. The first kappa shape index (κ1) is 11.1. The fourth-order valence-electron chi connectivity index (χ4n) is 2.49. The Kier molecular flexibility index (Phi) is 2.14. The maximum Gasteiger partial charge on any atom is 0.314 e. The normalized spacial score (nSPS) is 20.1. The van der Waals surface area contributed by atoms with Gasteiger partial charge in [0, 0.05) is 7.05 Å². The molecule has 1 fully saturated rings. The van der Waals surface area contributed by atoms with Crippen molar-refractivity contribution in [2.45, 2.75) is 18.3 Å². The molecule has 2 aliphatic rings. The summed E-state index contributed by atoms with van der Waals surface area (Å²) in [5.74, 6) is -0.804. The summed E-state index contributed by atoms with van der Waals surface area (Å²) in [4.78, 5) is 24.5. The van der Waals surface area contributed by atoms with Gasteiger partial charge in [-0.25, -0.2) is 0 Å². The number of likely N-dealkylation sites (N-methyl/N-ethyl adjacent to an activating group) is 1. The number of rotatable bonds is 2. The molecule has 1 aliphatic carbocycles. The molecule has 0 atom stereocenters. The van der Waals surface area contributed by atoms with Crippen LogP contribution in [0.15, 0.2) is 18.2 Å². The summed E-state index contributed by atoms with van der Waals surface area (Å²) in [5.41, 5.74) is 1.77. The summed E-state index contributed by atoms with van der Waals surface area (Å²) in [7, 11) is 1.84. The SMILES string of the molecule is CN1CC(=O)Nc2ccc(C3(C(=O)O)CC3)cc21. The second kappa shape index (κ2) is 3.48. The highest BCUT2D eigenvalue weighted by Crippen LogP contribution is 2.50. The molecule has 1 heterocycles. The summed E-state index contributed by atoms with van der Waals surface area (Å²) >= 11 is 0. The van der Waals surface area contributed by atoms with Gasteiger partial charge in [0.15, 0.2) is 0 Å². The number of carboxylic acid groups (broad SMARTS) is 1. The van der Waals surface area contributed by atoms with E-state index < -0.39 is 11.4 Å². The molecular weight excluding hydrogens is 232 g/mol. The molecule has 94 valence electrons. The number of nitrogens with zero attached hydrogens (tertiary/aromatic N) is 1. The molecule has 1 aliphatic heterocycles. The highest BCUT2D eigenvalue weighted by molar-refractivity contribution is 6.01. The highest BCUT2D eigenvalue weighted by Gasteiger charge is 2.52. The lowest BCUT2D eigenvalue weighted by Gasteiger charge is -2.28. The fraction of sp³-hybridized carbons (Fsp3) is 0.385. The lowest BCUT2D eigenvalue weighted by molar-refractivity contribution is -0.140. The zero-order valence-corrected chi connectivity index (χ0v) is 10.1. The molecule has 5 nitrogen and oxygen atoms in total. The first-order chi connectivity index (χ1) is 8.53. The lowest BCUT2D eigenvalue weighted by atomic mass is 9.94. The predicted octanol–water partition coefficient (Wildman–Crippen LogP) is 1.19. The van der Waals surface area contributed by atoms with Crippen LogP contribution in [-0.4, -0.2) is 30.6 Å². The summed E-state index contributed by atoms with van der Waals surface area (Å²) in [5, 5.41) is 12.1. The number of hydrogen-bond donors (Lipinski definition) is 2. The van der Waals surface area contributed by atoms with E-state index in [1.54, 1.807) is 12.1 Å². The van der Waals surface area contributed by atoms with Crippen molar-refractivity contribution in [1.29, 1.82) is 0 Å². The van der Waals surface area contributed by atoms with Gasteiger partial charge in [-0.2, -0.15) is 0 Å². The van der Waals surface area contributed by atoms with E-state index in [-0.39, 0.29) is 5.91 Å². The zero-order valence-electron chi connectivity index (χ0n) is 10.1. The van der Waals surface area contributed by atoms with Crippen LogP contribution in [0, 0.1) is 0 Å². The Balaban J connectivity index is 2.04. The Morgan fingerprint density at radius 1 is 1.44 bits per heavy atom. The number of anilines is 2. The summed E-state index contributed by atoms with van der Waals surface area (Å²) < 4.78 is 0. The molecule has 1 aromatic carbocycles. The minimum absolute atomic E-state index is 0.0443. The van der Waals surface area contributed by atoms with E-state index in [9.17, 15) is 14.7 Å². The number of carboxylic acids is 1. The van der Waals surface area contributed by atoms with Gasteiger partial charge >= 0.3 is 5.97 Å². The van der Waals surface area contributed by atoms with Crippen LogP contribution in [0.1, 0.15) is 18.4 Å². The molecule has 0 unspecified atom stereocenters. The van der Waals surface area contributed by atoms with E-state index in [2.05, 4.69) is 5.32 Å². The van der Waals surface area contributed by atoms with Crippen molar-refractivity contribution in [2.75, 3.05) is 23.8 Å². The Hall–Kier alpha value is -2.04. The first-order valence-electron chi connectivity index (χ1n) is 5.92. The van der Waals surface area contributed by atoms with Crippen LogP contribution in [-0.2, 0) is 15.0 Å². The molecule has 5 heteroatoms. The Bertz CT molecular complexity index is 549. The third-order valence-electron chi connectivity index (χ3n) is 3.78. The van der Waals surface area contributed by atoms with Gasteiger partial charge in [0.25, 0.3) is 0 Å². The molecule has 1 amide bonds. The van der Waals surface area contributed by atoms with Gasteiger partial charge in [-0.3, -0.25) is 9.59 Å². The smallest absolute Gasteiger partial charge is 0.314 e. The van der Waals surface area contributed by atoms with Crippen molar-refractivity contribution >= 4 is 23.3 Å². The molecule has 0 aromatic heterocycles. The Morgan fingerprint density at radius 3 is 2.78 bits per heavy atom. The lowest BCUT2D eigenvalue weighted by Crippen LogP contribution is -2.35. The van der Waals surface area contributed by atoms with E-state index in [0.717, 1.165) is 16.9 Å². The third-order valence-corrected chi connectivity index (χ3v) is 3.78. The van der Waals surface area contributed by atoms with Gasteiger partial charge in [-0.15, -0.1) is 0 Å². The predicted molar refractivity (Wildman–Crippen MR) is 66.9 cm³/mol. The number of hydrogen-bond acceptors (Lipinski definition) is 3. The minimum Gasteiger partial charge on any atom is -0.481 e. The zero-order chi connectivity index (χ0) is 12.9. The van der Waals surface area contributed by atoms with Crippen molar-refractivity contribution in [1.82, 2.24) is 0 Å². The van der Waals surface area contributed by atoms with Gasteiger partial charge in [0.05, 0.1) is 23.3 Å². The number of amides is 1. The highest BCUT2D eigenvalue weighted by atomic mass is 16.4. The molecule has 1 aromatic rings. The van der Waals surface area contributed by atoms with E-state index in [1.807, 2.05) is 18.0 Å². The quantitative estimate of drug-likeness (QED) is 0.822. The van der Waals surface area contributed by atoms with Crippen molar-refractivity contribution in [3.05, 3.63) is 23.8 Å². The van der Waals surface area contributed by atoms with Crippen LogP contribution < -0.4 is 10.2 Å². The Morgan fingerprint density at radius 2 is 2.17 bits per heavy atom. The van der Waals surface area contributed by atoms with E-state index >= 15 is 0 Å². The first-order valence-corrected chi connectivity index (χ1v) is 5.92. The molecule has 0 saturated heterocycles. The third kappa shape index (κ3) is 1.47. The number of fused-ring (bicyclic) bond motifs is 1. The number of carbonyl (C=O) groups is 2. The summed E-state index contributed by atoms with van der Waals surface area (Å²) in [6.45, 7) is 0.302. The summed E-state index contributed by atoms with van der Waals surface area (Å²) in [6.07, 6.45) is 1.38. The molecule has 0 bridgehead atoms. The largest absolute Gasteiger partial charge is 0.481 e. The van der Waals surface area contributed by atoms with Crippen LogP contribution >= 0.6 is 0 Å². The average molecular weight is 246 g/mol. The molecule has 2 N–H and O–H groups in total. The van der Waals surface area contributed by atoms with Gasteiger partial charge < -0.3 is 15.3 Å². The van der Waals surface area contributed by atoms with Crippen LogP contribution in [0.4, 0.5) is 11.4 Å². The number of aliphatic carboxylic acids is 1. The van der Waals surface area contributed by atoms with Gasteiger partial charge in [-0.05, 0) is 30.5 Å². The second-order valence-corrected chi connectivity index (χ2v) is 5.02. The average Bonchev–Trinajstić information content (AvgIpc) is 3.09. The van der Waals surface area contributed by atoms with Gasteiger partial charge in [0.2, 0.25) is 5.91 Å². The Labute approximate surface area is 104 Å². The van der Waals surface area contributed by atoms with E-state index in [0.29, 0.717) is 19.4 Å². The molecule has 3 rings (SSSR count). The number of carbonyl (C=O) groups excluding carboxylic acids is 1. The van der Waals surface area contributed by atoms with Crippen LogP contribution in [0.2, 0.25) is 0 Å². The molecular formula is C13H14N2O3. The van der Waals surface area contributed by atoms with E-state index in [1.165, 1.54) is 0 Å².